The van der Waals surface area contributed by atoms with Gasteiger partial charge in [-0.15, -0.1) is 0 Å². The number of rotatable bonds is 4. The molecule has 1 aliphatic carbocycles. The number of aromatic nitrogens is 3. The third-order valence-electron chi connectivity index (χ3n) is 3.06. The van der Waals surface area contributed by atoms with Gasteiger partial charge in [0, 0.05) is 12.1 Å². The molecular weight excluding hydrogens is 244 g/mol. The van der Waals surface area contributed by atoms with Gasteiger partial charge in [0.2, 0.25) is 0 Å². The largest absolute Gasteiger partial charge is 0.340 e. The quantitative estimate of drug-likeness (QED) is 0.904. The van der Waals surface area contributed by atoms with Crippen molar-refractivity contribution in [3.63, 3.8) is 0 Å². The fourth-order valence-electron chi connectivity index (χ4n) is 1.80. The Bertz CT molecular complexity index is 577. The second kappa shape index (κ2) is 4.79. The van der Waals surface area contributed by atoms with E-state index in [0.717, 1.165) is 18.5 Å². The van der Waals surface area contributed by atoms with Crippen LogP contribution in [0.25, 0.3) is 0 Å². The normalized spacial score (nSPS) is 16.1. The summed E-state index contributed by atoms with van der Waals surface area (Å²) in [6.07, 6.45) is 3.84. The Morgan fingerprint density at radius 1 is 1.47 bits per heavy atom. The van der Waals surface area contributed by atoms with Crippen molar-refractivity contribution in [1.82, 2.24) is 20.4 Å². The molecule has 1 saturated carbocycles. The van der Waals surface area contributed by atoms with Crippen LogP contribution in [0.3, 0.4) is 0 Å². The molecule has 98 valence electrons. The highest BCUT2D eigenvalue weighted by molar-refractivity contribution is 5.89. The van der Waals surface area contributed by atoms with Gasteiger partial charge in [-0.3, -0.25) is 9.78 Å². The van der Waals surface area contributed by atoms with E-state index in [0.29, 0.717) is 11.7 Å². The lowest BCUT2D eigenvalue weighted by molar-refractivity contribution is 0.0895. The van der Waals surface area contributed by atoms with Gasteiger partial charge in [0.25, 0.3) is 0 Å². The van der Waals surface area contributed by atoms with Crippen molar-refractivity contribution in [3.8, 4) is 0 Å². The molecule has 2 aromatic heterocycles. The zero-order valence-electron chi connectivity index (χ0n) is 10.5. The maximum Gasteiger partial charge on any atom is 0.315 e. The lowest BCUT2D eigenvalue weighted by Gasteiger charge is -2.10. The van der Waals surface area contributed by atoms with Crippen LogP contribution < -0.4 is 5.32 Å². The van der Waals surface area contributed by atoms with Crippen molar-refractivity contribution in [2.24, 2.45) is 0 Å². The molecule has 6 nitrogen and oxygen atoms in total. The second-order valence-electron chi connectivity index (χ2n) is 4.68. The number of hydrogen-bond donors (Lipinski definition) is 1. The fraction of sp³-hybridized carbons (Fsp3) is 0.385. The summed E-state index contributed by atoms with van der Waals surface area (Å²) in [4.78, 5) is 20.2. The minimum atomic E-state index is -0.363. The van der Waals surface area contributed by atoms with E-state index in [2.05, 4.69) is 20.4 Å². The number of carbonyl (C=O) groups excluding carboxylic acids is 1. The van der Waals surface area contributed by atoms with Gasteiger partial charge in [-0.2, -0.15) is 4.98 Å². The van der Waals surface area contributed by atoms with Crippen LogP contribution in [0.1, 0.15) is 53.9 Å². The van der Waals surface area contributed by atoms with Gasteiger partial charge in [0.1, 0.15) is 0 Å². The molecule has 0 aromatic carbocycles. The van der Waals surface area contributed by atoms with Crippen molar-refractivity contribution in [2.45, 2.75) is 31.7 Å². The van der Waals surface area contributed by atoms with Crippen LogP contribution in [-0.2, 0) is 0 Å². The molecule has 0 aliphatic heterocycles. The van der Waals surface area contributed by atoms with Crippen molar-refractivity contribution in [1.29, 1.82) is 0 Å². The average molecular weight is 258 g/mol. The Morgan fingerprint density at radius 3 is 3.00 bits per heavy atom. The van der Waals surface area contributed by atoms with Gasteiger partial charge in [-0.1, -0.05) is 11.2 Å². The highest BCUT2D eigenvalue weighted by Crippen LogP contribution is 2.38. The van der Waals surface area contributed by atoms with E-state index in [1.165, 1.54) is 0 Å². The van der Waals surface area contributed by atoms with Gasteiger partial charge in [0.05, 0.1) is 11.7 Å². The van der Waals surface area contributed by atoms with Gasteiger partial charge in [-0.05, 0) is 31.9 Å². The maximum atomic E-state index is 11.9. The first-order valence-electron chi connectivity index (χ1n) is 6.29. The molecular formula is C13H14N4O2. The monoisotopic (exact) mass is 258 g/mol. The third-order valence-corrected chi connectivity index (χ3v) is 3.06. The Hall–Kier alpha value is -2.24. The van der Waals surface area contributed by atoms with Crippen LogP contribution in [0.5, 0.6) is 0 Å². The number of hydrogen-bond acceptors (Lipinski definition) is 5. The molecule has 1 amide bonds. The summed E-state index contributed by atoms with van der Waals surface area (Å²) in [6.45, 7) is 1.86. The zero-order chi connectivity index (χ0) is 13.2. The first-order valence-corrected chi connectivity index (χ1v) is 6.29. The van der Waals surface area contributed by atoms with Crippen LogP contribution in [0.15, 0.2) is 28.9 Å². The molecule has 19 heavy (non-hydrogen) atoms. The predicted molar refractivity (Wildman–Crippen MR) is 66.4 cm³/mol. The Labute approximate surface area is 110 Å². The molecule has 0 spiro atoms. The van der Waals surface area contributed by atoms with E-state index in [1.807, 2.05) is 25.1 Å². The van der Waals surface area contributed by atoms with Gasteiger partial charge < -0.3 is 9.84 Å². The zero-order valence-corrected chi connectivity index (χ0v) is 10.5. The molecule has 1 aliphatic rings. The number of nitrogens with zero attached hydrogens (tertiary/aromatic N) is 3. The fourth-order valence-corrected chi connectivity index (χ4v) is 1.80. The van der Waals surface area contributed by atoms with Crippen LogP contribution in [0.4, 0.5) is 0 Å². The second-order valence-corrected chi connectivity index (χ2v) is 4.68. The first-order chi connectivity index (χ1) is 9.24. The molecule has 6 heteroatoms. The summed E-state index contributed by atoms with van der Waals surface area (Å²) >= 11 is 0. The van der Waals surface area contributed by atoms with Crippen molar-refractivity contribution >= 4 is 5.91 Å². The van der Waals surface area contributed by atoms with E-state index in [1.54, 1.807) is 6.20 Å². The van der Waals surface area contributed by atoms with Crippen molar-refractivity contribution < 1.29 is 9.32 Å². The lowest BCUT2D eigenvalue weighted by atomic mass is 10.2. The maximum absolute atomic E-state index is 11.9. The average Bonchev–Trinajstić information content (AvgIpc) is 3.17. The summed E-state index contributed by atoms with van der Waals surface area (Å²) in [5, 5.41) is 6.60. The number of pyridine rings is 1. The molecule has 2 aromatic rings. The summed E-state index contributed by atoms with van der Waals surface area (Å²) in [7, 11) is 0. The predicted octanol–water partition coefficient (Wildman–Crippen LogP) is 1.83. The van der Waals surface area contributed by atoms with Crippen LogP contribution >= 0.6 is 0 Å². The Balaban J connectivity index is 1.66. The number of carbonyl (C=O) groups is 1. The molecule has 1 atom stereocenters. The highest BCUT2D eigenvalue weighted by atomic mass is 16.5. The molecule has 0 unspecified atom stereocenters. The third kappa shape index (κ3) is 2.62. The summed E-state index contributed by atoms with van der Waals surface area (Å²) in [5.74, 6) is 0.663. The van der Waals surface area contributed by atoms with E-state index in [9.17, 15) is 4.79 Å². The summed E-state index contributed by atoms with van der Waals surface area (Å²) in [6, 6.07) is 5.36. The highest BCUT2D eigenvalue weighted by Gasteiger charge is 2.30. The molecule has 0 bridgehead atoms. The van der Waals surface area contributed by atoms with Gasteiger partial charge in [-0.25, -0.2) is 0 Å². The molecule has 2 heterocycles. The van der Waals surface area contributed by atoms with Crippen molar-refractivity contribution in [3.05, 3.63) is 41.8 Å². The Kier molecular flexibility index (Phi) is 2.98. The summed E-state index contributed by atoms with van der Waals surface area (Å²) < 4.78 is 4.97. The van der Waals surface area contributed by atoms with Gasteiger partial charge in [0.15, 0.2) is 5.82 Å². The van der Waals surface area contributed by atoms with Crippen LogP contribution in [0, 0.1) is 0 Å². The number of amides is 1. The number of nitrogens with one attached hydrogen (secondary N) is 1. The smallest absolute Gasteiger partial charge is 0.315 e. The minimum Gasteiger partial charge on any atom is -0.340 e. The lowest BCUT2D eigenvalue weighted by Crippen LogP contribution is -2.27. The van der Waals surface area contributed by atoms with Crippen LogP contribution in [0.2, 0.25) is 0 Å². The van der Waals surface area contributed by atoms with E-state index >= 15 is 0 Å². The molecule has 0 saturated heterocycles. The van der Waals surface area contributed by atoms with Crippen molar-refractivity contribution in [2.75, 3.05) is 0 Å². The molecule has 3 rings (SSSR count). The first kappa shape index (κ1) is 11.8. The minimum absolute atomic E-state index is 0.0182. The van der Waals surface area contributed by atoms with E-state index in [-0.39, 0.29) is 17.8 Å². The van der Waals surface area contributed by atoms with Gasteiger partial charge >= 0.3 is 11.8 Å². The topological polar surface area (TPSA) is 80.9 Å². The van der Waals surface area contributed by atoms with E-state index < -0.39 is 0 Å². The molecule has 1 N–H and O–H groups in total. The summed E-state index contributed by atoms with van der Waals surface area (Å²) in [5.41, 5.74) is 0.790. The Morgan fingerprint density at radius 2 is 2.32 bits per heavy atom. The molecule has 1 fully saturated rings. The van der Waals surface area contributed by atoms with Crippen LogP contribution in [-0.4, -0.2) is 21.0 Å². The standard InChI is InChI=1S/C13H14N4O2/c1-8(10-4-2-3-7-14-10)15-12(18)13-16-11(17-19-13)9-5-6-9/h2-4,7-9H,5-6H2,1H3,(H,15,18)/t8-/m0/s1. The molecule has 0 radical (unpaired) electrons. The SMILES string of the molecule is C[C@H](NC(=O)c1nc(C2CC2)no1)c1ccccn1. The van der Waals surface area contributed by atoms with E-state index in [4.69, 9.17) is 4.52 Å².